The number of nitrogens with one attached hydrogen (secondary N) is 1. The summed E-state index contributed by atoms with van der Waals surface area (Å²) in [6.07, 6.45) is 1.82. The van der Waals surface area contributed by atoms with Gasteiger partial charge >= 0.3 is 0 Å². The zero-order chi connectivity index (χ0) is 20.3. The molecule has 0 bridgehead atoms. The number of carbonyl (C=O) groups is 1. The lowest BCUT2D eigenvalue weighted by Crippen LogP contribution is -2.25. The fourth-order valence-electron chi connectivity index (χ4n) is 3.02. The van der Waals surface area contributed by atoms with Crippen molar-refractivity contribution < 1.29 is 9.53 Å². The number of hydrogen-bond donors (Lipinski definition) is 1. The molecule has 5 rings (SSSR count). The molecule has 0 atom stereocenters. The van der Waals surface area contributed by atoms with Crippen molar-refractivity contribution in [3.05, 3.63) is 81.1 Å². The van der Waals surface area contributed by atoms with Crippen LogP contribution >= 0.6 is 22.7 Å². The van der Waals surface area contributed by atoms with Crippen LogP contribution in [0.4, 0.5) is 11.4 Å². The second-order valence-corrected chi connectivity index (χ2v) is 8.13. The van der Waals surface area contributed by atoms with Crippen LogP contribution in [0.1, 0.15) is 5.56 Å². The van der Waals surface area contributed by atoms with Crippen molar-refractivity contribution in [3.8, 4) is 17.0 Å². The number of aromatic nitrogens is 1. The summed E-state index contributed by atoms with van der Waals surface area (Å²) in [6, 6.07) is 17.5. The lowest BCUT2D eigenvalue weighted by atomic mass is 10.1. The first-order valence-corrected chi connectivity index (χ1v) is 11.0. The Morgan fingerprint density at radius 1 is 1.10 bits per heavy atom. The van der Waals surface area contributed by atoms with Gasteiger partial charge in [-0.15, -0.1) is 11.3 Å². The number of amides is 1. The second kappa shape index (κ2) is 8.10. The largest absolute Gasteiger partial charge is 0.482 e. The lowest BCUT2D eigenvalue weighted by molar-refractivity contribution is -0.118. The molecule has 0 saturated carbocycles. The Morgan fingerprint density at radius 2 is 2.00 bits per heavy atom. The van der Waals surface area contributed by atoms with E-state index in [0.29, 0.717) is 11.4 Å². The van der Waals surface area contributed by atoms with Crippen LogP contribution in [0.15, 0.2) is 80.8 Å². The standard InChI is InChI=1S/C22H16N4O2S2/c27-21-12-28-20-7-6-16(10-18(20)25-21)19-14-30-22(24-17-4-2-1-3-5-17)26(19)23-11-15-8-9-29-13-15/h1-11,13-14H,12H2,(H,25,27). The van der Waals surface area contributed by atoms with Gasteiger partial charge in [0.15, 0.2) is 6.61 Å². The van der Waals surface area contributed by atoms with Crippen LogP contribution in [0, 0.1) is 0 Å². The Balaban J connectivity index is 1.62. The summed E-state index contributed by atoms with van der Waals surface area (Å²) < 4.78 is 7.30. The molecule has 0 unspecified atom stereocenters. The average Bonchev–Trinajstić information content (AvgIpc) is 3.42. The summed E-state index contributed by atoms with van der Waals surface area (Å²) in [5, 5.41) is 13.6. The quantitative estimate of drug-likeness (QED) is 0.474. The molecule has 2 aromatic carbocycles. The Labute approximate surface area is 180 Å². The molecule has 6 nitrogen and oxygen atoms in total. The molecule has 1 amide bonds. The summed E-state index contributed by atoms with van der Waals surface area (Å²) in [5.74, 6) is 0.504. The molecule has 148 valence electrons. The third-order valence-corrected chi connectivity index (χ3v) is 5.96. The third kappa shape index (κ3) is 3.83. The average molecular weight is 433 g/mol. The number of thiazole rings is 1. The van der Waals surface area contributed by atoms with Crippen LogP contribution in [0.25, 0.3) is 11.3 Å². The van der Waals surface area contributed by atoms with E-state index in [0.717, 1.165) is 27.3 Å². The molecule has 0 aliphatic carbocycles. The maximum atomic E-state index is 11.7. The van der Waals surface area contributed by atoms with E-state index in [1.165, 1.54) is 11.3 Å². The molecule has 0 radical (unpaired) electrons. The molecule has 30 heavy (non-hydrogen) atoms. The molecule has 1 aliphatic rings. The minimum atomic E-state index is -0.159. The van der Waals surface area contributed by atoms with E-state index in [9.17, 15) is 4.79 Å². The van der Waals surface area contributed by atoms with E-state index in [2.05, 4.69) is 5.32 Å². The highest BCUT2D eigenvalue weighted by molar-refractivity contribution is 7.08. The van der Waals surface area contributed by atoms with Crippen molar-refractivity contribution in [2.45, 2.75) is 0 Å². The molecule has 1 aliphatic heterocycles. The Morgan fingerprint density at radius 3 is 2.83 bits per heavy atom. The van der Waals surface area contributed by atoms with Crippen LogP contribution in [0.5, 0.6) is 5.75 Å². The fourth-order valence-corrected chi connectivity index (χ4v) is 4.48. The number of carbonyl (C=O) groups excluding carboxylic acids is 1. The monoisotopic (exact) mass is 432 g/mol. The second-order valence-electron chi connectivity index (χ2n) is 6.51. The summed E-state index contributed by atoms with van der Waals surface area (Å²) in [4.78, 5) is 17.2. The molecule has 0 spiro atoms. The van der Waals surface area contributed by atoms with Gasteiger partial charge in [-0.1, -0.05) is 18.2 Å². The van der Waals surface area contributed by atoms with E-state index in [1.54, 1.807) is 11.3 Å². The number of rotatable bonds is 4. The minimum Gasteiger partial charge on any atom is -0.482 e. The number of anilines is 1. The predicted molar refractivity (Wildman–Crippen MR) is 121 cm³/mol. The molecule has 0 fully saturated rings. The number of nitrogens with zero attached hydrogens (tertiary/aromatic N) is 3. The summed E-state index contributed by atoms with van der Waals surface area (Å²) in [6.45, 7) is 0.0375. The number of ether oxygens (including phenoxy) is 1. The molecule has 1 N–H and O–H groups in total. The third-order valence-electron chi connectivity index (χ3n) is 4.44. The van der Waals surface area contributed by atoms with Crippen LogP contribution in [0.2, 0.25) is 0 Å². The minimum absolute atomic E-state index is 0.0375. The Bertz CT molecular complexity index is 1290. The topological polar surface area (TPSA) is 68.0 Å². The van der Waals surface area contributed by atoms with Gasteiger partial charge in [-0.3, -0.25) is 4.79 Å². The first-order chi connectivity index (χ1) is 14.8. The van der Waals surface area contributed by atoms with E-state index in [-0.39, 0.29) is 12.5 Å². The zero-order valence-corrected chi connectivity index (χ0v) is 17.3. The van der Waals surface area contributed by atoms with Gasteiger partial charge in [-0.25, -0.2) is 9.67 Å². The smallest absolute Gasteiger partial charge is 0.262 e. The molecule has 4 aromatic rings. The number of benzene rings is 2. The van der Waals surface area contributed by atoms with Crippen LogP contribution in [0.3, 0.4) is 0 Å². The predicted octanol–water partition coefficient (Wildman–Crippen LogP) is 4.72. The van der Waals surface area contributed by atoms with Crippen LogP contribution in [-0.2, 0) is 4.79 Å². The number of para-hydroxylation sites is 1. The van der Waals surface area contributed by atoms with Crippen molar-refractivity contribution in [3.63, 3.8) is 0 Å². The highest BCUT2D eigenvalue weighted by Gasteiger charge is 2.17. The highest BCUT2D eigenvalue weighted by atomic mass is 32.1. The van der Waals surface area contributed by atoms with Crippen molar-refractivity contribution in [1.29, 1.82) is 0 Å². The fraction of sp³-hybridized carbons (Fsp3) is 0.0455. The van der Waals surface area contributed by atoms with E-state index in [4.69, 9.17) is 14.8 Å². The molecule has 2 aromatic heterocycles. The normalized spacial score (nSPS) is 13.9. The highest BCUT2D eigenvalue weighted by Crippen LogP contribution is 2.33. The molecular weight excluding hydrogens is 416 g/mol. The molecule has 0 saturated heterocycles. The maximum absolute atomic E-state index is 11.7. The van der Waals surface area contributed by atoms with Gasteiger partial charge in [-0.2, -0.15) is 16.4 Å². The van der Waals surface area contributed by atoms with Gasteiger partial charge < -0.3 is 10.1 Å². The van der Waals surface area contributed by atoms with Gasteiger partial charge in [0, 0.05) is 16.5 Å². The maximum Gasteiger partial charge on any atom is 0.262 e. The van der Waals surface area contributed by atoms with E-state index < -0.39 is 0 Å². The SMILES string of the molecule is O=C1COc2ccc(-c3csc(=Nc4ccccc4)n3N=Cc3ccsc3)cc2N1. The Kier molecular flexibility index (Phi) is 5.00. The number of fused-ring (bicyclic) bond motifs is 1. The molecule has 3 heterocycles. The van der Waals surface area contributed by atoms with E-state index >= 15 is 0 Å². The van der Waals surface area contributed by atoms with Gasteiger partial charge in [-0.05, 0) is 47.2 Å². The van der Waals surface area contributed by atoms with Crippen molar-refractivity contribution in [1.82, 2.24) is 4.68 Å². The van der Waals surface area contributed by atoms with Crippen LogP contribution < -0.4 is 14.9 Å². The van der Waals surface area contributed by atoms with Gasteiger partial charge in [0.2, 0.25) is 4.80 Å². The first kappa shape index (κ1) is 18.5. The summed E-state index contributed by atoms with van der Waals surface area (Å²) in [5.41, 5.74) is 4.33. The van der Waals surface area contributed by atoms with Crippen molar-refractivity contribution in [2.24, 2.45) is 10.1 Å². The van der Waals surface area contributed by atoms with Crippen molar-refractivity contribution >= 4 is 46.2 Å². The molecule has 8 heteroatoms. The van der Waals surface area contributed by atoms with Crippen LogP contribution in [-0.4, -0.2) is 23.4 Å². The number of hydrogen-bond acceptors (Lipinski definition) is 6. The van der Waals surface area contributed by atoms with Gasteiger partial charge in [0.05, 0.1) is 23.3 Å². The first-order valence-electron chi connectivity index (χ1n) is 9.20. The van der Waals surface area contributed by atoms with E-state index in [1.807, 2.05) is 81.6 Å². The summed E-state index contributed by atoms with van der Waals surface area (Å²) in [7, 11) is 0. The lowest BCUT2D eigenvalue weighted by Gasteiger charge is -2.18. The van der Waals surface area contributed by atoms with Crippen molar-refractivity contribution in [2.75, 3.05) is 11.9 Å². The van der Waals surface area contributed by atoms with Gasteiger partial charge in [0.1, 0.15) is 5.75 Å². The Hall–Kier alpha value is -3.49. The van der Waals surface area contributed by atoms with Gasteiger partial charge in [0.25, 0.3) is 5.91 Å². The summed E-state index contributed by atoms with van der Waals surface area (Å²) >= 11 is 3.13. The molecular formula is C22H16N4O2S2. The number of thiophene rings is 1. The zero-order valence-electron chi connectivity index (χ0n) is 15.7.